The summed E-state index contributed by atoms with van der Waals surface area (Å²) in [4.78, 5) is 17.0. The number of hydrogen-bond donors (Lipinski definition) is 0. The third kappa shape index (κ3) is 2.91. The van der Waals surface area contributed by atoms with Crippen molar-refractivity contribution < 1.29 is 14.1 Å². The monoisotopic (exact) mass is 336 g/mol. The summed E-state index contributed by atoms with van der Waals surface area (Å²) in [7, 11) is 0. The van der Waals surface area contributed by atoms with Gasteiger partial charge in [-0.2, -0.15) is 4.98 Å². The van der Waals surface area contributed by atoms with Crippen molar-refractivity contribution in [1.29, 1.82) is 0 Å². The Kier molecular flexibility index (Phi) is 3.80. The third-order valence-electron chi connectivity index (χ3n) is 3.45. The molecule has 0 aliphatic rings. The number of esters is 1. The highest BCUT2D eigenvalue weighted by Crippen LogP contribution is 2.26. The molecule has 6 heteroatoms. The Balaban J connectivity index is 1.45. The summed E-state index contributed by atoms with van der Waals surface area (Å²) < 4.78 is 11.4. The minimum absolute atomic E-state index is 0.0487. The van der Waals surface area contributed by atoms with Crippen LogP contribution in [0.3, 0.4) is 0 Å². The predicted molar refractivity (Wildman–Crippen MR) is 90.7 cm³/mol. The molecule has 0 unspecified atom stereocenters. The van der Waals surface area contributed by atoms with Crippen molar-refractivity contribution in [2.75, 3.05) is 0 Å². The number of aromatic nitrogens is 2. The van der Waals surface area contributed by atoms with Crippen molar-refractivity contribution in [2.24, 2.45) is 0 Å². The van der Waals surface area contributed by atoms with Crippen LogP contribution < -0.4 is 0 Å². The topological polar surface area (TPSA) is 65.2 Å². The van der Waals surface area contributed by atoms with Gasteiger partial charge in [-0.25, -0.2) is 4.79 Å². The van der Waals surface area contributed by atoms with E-state index < -0.39 is 5.97 Å². The molecule has 0 saturated heterocycles. The molecule has 2 heterocycles. The second-order valence-corrected chi connectivity index (χ2v) is 6.19. The van der Waals surface area contributed by atoms with Crippen molar-refractivity contribution in [1.82, 2.24) is 10.1 Å². The fourth-order valence-corrected chi connectivity index (χ4v) is 3.26. The second-order valence-electron chi connectivity index (χ2n) is 5.10. The van der Waals surface area contributed by atoms with Crippen LogP contribution in [0.4, 0.5) is 0 Å². The van der Waals surface area contributed by atoms with Crippen molar-refractivity contribution in [3.63, 3.8) is 0 Å². The molecule has 0 atom stereocenters. The van der Waals surface area contributed by atoms with Gasteiger partial charge in [0.1, 0.15) is 4.88 Å². The van der Waals surface area contributed by atoms with E-state index in [1.807, 2.05) is 60.7 Å². The molecule has 0 amide bonds. The first-order valence-electron chi connectivity index (χ1n) is 7.33. The van der Waals surface area contributed by atoms with Crippen LogP contribution in [0.25, 0.3) is 21.5 Å². The molecule has 0 bridgehead atoms. The maximum atomic E-state index is 12.2. The second kappa shape index (κ2) is 6.25. The first-order valence-corrected chi connectivity index (χ1v) is 8.15. The number of carbonyl (C=O) groups excluding carboxylic acids is 1. The molecular weight excluding hydrogens is 324 g/mol. The van der Waals surface area contributed by atoms with E-state index in [1.54, 1.807) is 0 Å². The summed E-state index contributed by atoms with van der Waals surface area (Å²) >= 11 is 1.40. The third-order valence-corrected chi connectivity index (χ3v) is 4.55. The molecule has 4 aromatic rings. The number of fused-ring (bicyclic) bond motifs is 1. The number of benzene rings is 2. The van der Waals surface area contributed by atoms with Gasteiger partial charge in [-0.1, -0.05) is 53.7 Å². The smallest absolute Gasteiger partial charge is 0.348 e. The van der Waals surface area contributed by atoms with Gasteiger partial charge in [0.2, 0.25) is 5.82 Å². The van der Waals surface area contributed by atoms with Gasteiger partial charge in [-0.3, -0.25) is 0 Å². The zero-order valence-corrected chi connectivity index (χ0v) is 13.3. The van der Waals surface area contributed by atoms with Gasteiger partial charge < -0.3 is 9.26 Å². The minimum atomic E-state index is -0.393. The minimum Gasteiger partial charge on any atom is -0.451 e. The van der Waals surface area contributed by atoms with E-state index in [1.165, 1.54) is 11.3 Å². The van der Waals surface area contributed by atoms with Crippen molar-refractivity contribution in [3.05, 3.63) is 71.4 Å². The molecule has 2 aromatic heterocycles. The van der Waals surface area contributed by atoms with Gasteiger partial charge in [-0.15, -0.1) is 11.3 Å². The average Bonchev–Trinajstić information content (AvgIpc) is 3.27. The molecule has 5 nitrogen and oxygen atoms in total. The molecule has 0 saturated carbocycles. The van der Waals surface area contributed by atoms with E-state index in [9.17, 15) is 4.79 Å². The van der Waals surface area contributed by atoms with Crippen LogP contribution in [0.5, 0.6) is 0 Å². The Morgan fingerprint density at radius 3 is 2.71 bits per heavy atom. The van der Waals surface area contributed by atoms with Crippen molar-refractivity contribution >= 4 is 27.4 Å². The Morgan fingerprint density at radius 1 is 1.08 bits per heavy atom. The molecule has 118 valence electrons. The van der Waals surface area contributed by atoms with Crippen molar-refractivity contribution in [2.45, 2.75) is 6.61 Å². The van der Waals surface area contributed by atoms with Gasteiger partial charge in [0.15, 0.2) is 6.61 Å². The fraction of sp³-hybridized carbons (Fsp3) is 0.0556. The number of nitrogens with zero attached hydrogens (tertiary/aromatic N) is 2. The van der Waals surface area contributed by atoms with Gasteiger partial charge in [0.05, 0.1) is 0 Å². The summed E-state index contributed by atoms with van der Waals surface area (Å²) in [5.41, 5.74) is 0.850. The summed E-state index contributed by atoms with van der Waals surface area (Å²) in [6.45, 7) is -0.0487. The summed E-state index contributed by atoms with van der Waals surface area (Å²) in [6, 6.07) is 19.1. The number of thiophene rings is 1. The lowest BCUT2D eigenvalue weighted by atomic mass is 10.2. The first-order chi connectivity index (χ1) is 11.8. The quantitative estimate of drug-likeness (QED) is 0.520. The summed E-state index contributed by atoms with van der Waals surface area (Å²) in [6.07, 6.45) is 0. The largest absolute Gasteiger partial charge is 0.451 e. The van der Waals surface area contributed by atoms with E-state index in [0.29, 0.717) is 10.7 Å². The van der Waals surface area contributed by atoms with Crippen LogP contribution in [0.15, 0.2) is 65.2 Å². The Bertz CT molecular complexity index is 959. The Hall–Kier alpha value is -2.99. The number of rotatable bonds is 4. The van der Waals surface area contributed by atoms with Crippen LogP contribution in [0.1, 0.15) is 15.6 Å². The average molecular weight is 336 g/mol. The molecule has 0 fully saturated rings. The highest BCUT2D eigenvalue weighted by atomic mass is 32.1. The lowest BCUT2D eigenvalue weighted by Gasteiger charge is -1.98. The molecule has 0 spiro atoms. The van der Waals surface area contributed by atoms with Crippen LogP contribution in [-0.2, 0) is 11.3 Å². The molecule has 0 radical (unpaired) electrons. The zero-order valence-electron chi connectivity index (χ0n) is 12.5. The van der Waals surface area contributed by atoms with Gasteiger partial charge in [0, 0.05) is 10.3 Å². The maximum absolute atomic E-state index is 12.2. The van der Waals surface area contributed by atoms with Crippen LogP contribution in [0.2, 0.25) is 0 Å². The van der Waals surface area contributed by atoms with E-state index in [4.69, 9.17) is 9.26 Å². The molecule has 0 aliphatic carbocycles. The lowest BCUT2D eigenvalue weighted by Crippen LogP contribution is -2.03. The summed E-state index contributed by atoms with van der Waals surface area (Å²) in [5.74, 6) is 0.350. The number of hydrogen-bond acceptors (Lipinski definition) is 6. The van der Waals surface area contributed by atoms with E-state index in [2.05, 4.69) is 10.1 Å². The van der Waals surface area contributed by atoms with E-state index >= 15 is 0 Å². The molecule has 0 aliphatic heterocycles. The first kappa shape index (κ1) is 14.6. The Labute approximate surface area is 141 Å². The van der Waals surface area contributed by atoms with Gasteiger partial charge in [0.25, 0.3) is 5.89 Å². The van der Waals surface area contributed by atoms with Gasteiger partial charge in [-0.05, 0) is 17.5 Å². The van der Waals surface area contributed by atoms with E-state index in [0.717, 1.165) is 15.6 Å². The van der Waals surface area contributed by atoms with Crippen LogP contribution in [-0.4, -0.2) is 16.1 Å². The molecule has 4 rings (SSSR count). The number of carbonyl (C=O) groups is 1. The molecule has 24 heavy (non-hydrogen) atoms. The predicted octanol–water partition coefficient (Wildman–Crippen LogP) is 4.31. The van der Waals surface area contributed by atoms with Crippen molar-refractivity contribution in [3.8, 4) is 11.4 Å². The SMILES string of the molecule is O=C(OCc1nc(-c2ccccc2)no1)c1cc2ccccc2s1. The highest BCUT2D eigenvalue weighted by Gasteiger charge is 2.14. The summed E-state index contributed by atoms with van der Waals surface area (Å²) in [5, 5.41) is 4.92. The maximum Gasteiger partial charge on any atom is 0.348 e. The fourth-order valence-electron chi connectivity index (χ4n) is 2.30. The Morgan fingerprint density at radius 2 is 1.88 bits per heavy atom. The highest BCUT2D eigenvalue weighted by molar-refractivity contribution is 7.20. The zero-order chi connectivity index (χ0) is 16.4. The van der Waals surface area contributed by atoms with Crippen LogP contribution in [0, 0.1) is 0 Å². The standard InChI is InChI=1S/C18H12N2O3S/c21-18(15-10-13-8-4-5-9-14(13)24-15)22-11-16-19-17(20-23-16)12-6-2-1-3-7-12/h1-10H,11H2. The molecule has 0 N–H and O–H groups in total. The van der Waals surface area contributed by atoms with Gasteiger partial charge >= 0.3 is 5.97 Å². The number of ether oxygens (including phenoxy) is 1. The lowest BCUT2D eigenvalue weighted by molar-refractivity contribution is 0.0435. The van der Waals surface area contributed by atoms with Crippen LogP contribution >= 0.6 is 11.3 Å². The molecular formula is C18H12N2O3S. The normalized spacial score (nSPS) is 10.8. The van der Waals surface area contributed by atoms with E-state index in [-0.39, 0.29) is 12.5 Å². The molecule has 2 aromatic carbocycles.